The third-order valence-electron chi connectivity index (χ3n) is 2.59. The van der Waals surface area contributed by atoms with E-state index >= 15 is 0 Å². The number of anilines is 2. The lowest BCUT2D eigenvalue weighted by molar-refractivity contribution is -0.0497. The van der Waals surface area contributed by atoms with Crippen LogP contribution in [0, 0.1) is 11.6 Å². The van der Waals surface area contributed by atoms with E-state index in [9.17, 15) is 17.6 Å². The summed E-state index contributed by atoms with van der Waals surface area (Å²) in [5, 5.41) is 5.18. The van der Waals surface area contributed by atoms with Crippen molar-refractivity contribution in [1.82, 2.24) is 0 Å². The summed E-state index contributed by atoms with van der Waals surface area (Å²) in [6, 6.07) is 6.91. The Bertz CT molecular complexity index is 730. The van der Waals surface area contributed by atoms with Crippen molar-refractivity contribution in [3.05, 3.63) is 53.1 Å². The third-order valence-corrected chi connectivity index (χ3v) is 3.08. The van der Waals surface area contributed by atoms with Crippen molar-refractivity contribution in [1.29, 1.82) is 0 Å². The molecule has 2 aromatic rings. The summed E-state index contributed by atoms with van der Waals surface area (Å²) < 4.78 is 54.8. The molecule has 0 radical (unpaired) electrons. The molecule has 0 saturated carbocycles. The summed E-state index contributed by atoms with van der Waals surface area (Å²) in [7, 11) is 0. The van der Waals surface area contributed by atoms with Gasteiger partial charge < -0.3 is 15.4 Å². The first kappa shape index (κ1) is 17.3. The highest BCUT2D eigenvalue weighted by molar-refractivity contribution is 7.80. The highest BCUT2D eigenvalue weighted by Crippen LogP contribution is 2.29. The fourth-order valence-corrected chi connectivity index (χ4v) is 2.10. The number of hydrogen-bond donors (Lipinski definition) is 2. The van der Waals surface area contributed by atoms with Gasteiger partial charge in [0.2, 0.25) is 0 Å². The molecule has 0 saturated heterocycles. The SMILES string of the molecule is Fc1ccc(NC(=S)Nc2ccc(OC(F)F)c(Cl)c2)c(F)c1. The largest absolute Gasteiger partial charge is 0.433 e. The van der Waals surface area contributed by atoms with Crippen LogP contribution in [0.4, 0.5) is 28.9 Å². The summed E-state index contributed by atoms with van der Waals surface area (Å²) in [6.45, 7) is -2.99. The molecule has 2 aromatic carbocycles. The van der Waals surface area contributed by atoms with Gasteiger partial charge in [0, 0.05) is 11.8 Å². The molecule has 0 fully saturated rings. The van der Waals surface area contributed by atoms with E-state index in [2.05, 4.69) is 15.4 Å². The van der Waals surface area contributed by atoms with Gasteiger partial charge in [0.1, 0.15) is 17.4 Å². The van der Waals surface area contributed by atoms with E-state index in [-0.39, 0.29) is 21.6 Å². The minimum atomic E-state index is -2.99. The zero-order valence-electron chi connectivity index (χ0n) is 11.2. The van der Waals surface area contributed by atoms with E-state index < -0.39 is 18.2 Å². The molecule has 0 atom stereocenters. The predicted octanol–water partition coefficient (Wildman–Crippen LogP) is 5.03. The van der Waals surface area contributed by atoms with Gasteiger partial charge in [-0.15, -0.1) is 0 Å². The molecule has 3 nitrogen and oxygen atoms in total. The maximum atomic E-state index is 13.5. The van der Waals surface area contributed by atoms with Crippen molar-refractivity contribution in [3.63, 3.8) is 0 Å². The van der Waals surface area contributed by atoms with Gasteiger partial charge in [-0.25, -0.2) is 8.78 Å². The quantitative estimate of drug-likeness (QED) is 0.589. The summed E-state index contributed by atoms with van der Waals surface area (Å²) in [5.74, 6) is -1.71. The number of alkyl halides is 2. The van der Waals surface area contributed by atoms with Crippen molar-refractivity contribution >= 4 is 40.3 Å². The van der Waals surface area contributed by atoms with Crippen LogP contribution < -0.4 is 15.4 Å². The third kappa shape index (κ3) is 4.97. The van der Waals surface area contributed by atoms with Gasteiger partial charge in [-0.3, -0.25) is 0 Å². The predicted molar refractivity (Wildman–Crippen MR) is 84.3 cm³/mol. The normalized spacial score (nSPS) is 10.5. The van der Waals surface area contributed by atoms with Crippen LogP contribution in [-0.4, -0.2) is 11.7 Å². The van der Waals surface area contributed by atoms with E-state index in [1.165, 1.54) is 24.3 Å². The smallest absolute Gasteiger partial charge is 0.387 e. The van der Waals surface area contributed by atoms with Gasteiger partial charge >= 0.3 is 6.61 Å². The van der Waals surface area contributed by atoms with Crippen LogP contribution in [0.2, 0.25) is 5.02 Å². The van der Waals surface area contributed by atoms with Crippen LogP contribution >= 0.6 is 23.8 Å². The molecular weight excluding hydrogens is 356 g/mol. The van der Waals surface area contributed by atoms with Crippen molar-refractivity contribution in [3.8, 4) is 5.75 Å². The molecule has 0 bridgehead atoms. The Morgan fingerprint density at radius 2 is 1.83 bits per heavy atom. The summed E-state index contributed by atoms with van der Waals surface area (Å²) in [6.07, 6.45) is 0. The topological polar surface area (TPSA) is 33.3 Å². The van der Waals surface area contributed by atoms with Gasteiger partial charge in [0.05, 0.1) is 10.7 Å². The van der Waals surface area contributed by atoms with Gasteiger partial charge in [-0.1, -0.05) is 11.6 Å². The zero-order chi connectivity index (χ0) is 17.0. The molecule has 0 aliphatic carbocycles. The second kappa shape index (κ2) is 7.47. The Morgan fingerprint density at radius 1 is 1.09 bits per heavy atom. The molecule has 2 rings (SSSR count). The fourth-order valence-electron chi connectivity index (χ4n) is 1.65. The Kier molecular flexibility index (Phi) is 5.62. The van der Waals surface area contributed by atoms with Gasteiger partial charge in [-0.05, 0) is 42.5 Å². The molecule has 2 N–H and O–H groups in total. The molecule has 0 heterocycles. The Labute approximate surface area is 139 Å². The molecule has 9 heteroatoms. The van der Waals surface area contributed by atoms with Crippen LogP contribution in [0.15, 0.2) is 36.4 Å². The Balaban J connectivity index is 2.04. The minimum absolute atomic E-state index is 0.00843. The first-order valence-electron chi connectivity index (χ1n) is 6.12. The molecule has 0 aliphatic rings. The van der Waals surface area contributed by atoms with Crippen LogP contribution in [0.5, 0.6) is 5.75 Å². The number of thiocarbonyl (C=S) groups is 1. The van der Waals surface area contributed by atoms with Crippen LogP contribution in [-0.2, 0) is 0 Å². The number of hydrogen-bond acceptors (Lipinski definition) is 2. The van der Waals surface area contributed by atoms with Gasteiger partial charge in [0.25, 0.3) is 0 Å². The zero-order valence-corrected chi connectivity index (χ0v) is 12.8. The highest BCUT2D eigenvalue weighted by Gasteiger charge is 2.10. The van der Waals surface area contributed by atoms with Crippen LogP contribution in [0.3, 0.4) is 0 Å². The van der Waals surface area contributed by atoms with E-state index in [0.29, 0.717) is 11.8 Å². The molecule has 0 aliphatic heterocycles. The minimum Gasteiger partial charge on any atom is -0.433 e. The molecule has 0 aromatic heterocycles. The lowest BCUT2D eigenvalue weighted by Gasteiger charge is -2.13. The standard InChI is InChI=1S/C14H9ClF4N2OS/c15-9-6-8(2-4-12(9)22-13(18)19)20-14(23)21-11-3-1-7(16)5-10(11)17/h1-6,13H,(H2,20,21,23). The number of benzene rings is 2. The number of halogens is 5. The van der Waals surface area contributed by atoms with E-state index in [4.69, 9.17) is 23.8 Å². The monoisotopic (exact) mass is 364 g/mol. The van der Waals surface area contributed by atoms with E-state index in [1.807, 2.05) is 0 Å². The summed E-state index contributed by atoms with van der Waals surface area (Å²) in [4.78, 5) is 0. The number of rotatable bonds is 4. The second-order valence-electron chi connectivity index (χ2n) is 4.23. The molecule has 0 unspecified atom stereocenters. The molecule has 0 spiro atoms. The first-order valence-corrected chi connectivity index (χ1v) is 6.91. The van der Waals surface area contributed by atoms with Gasteiger partial charge in [-0.2, -0.15) is 8.78 Å². The lowest BCUT2D eigenvalue weighted by atomic mass is 10.3. The second-order valence-corrected chi connectivity index (χ2v) is 5.04. The maximum Gasteiger partial charge on any atom is 0.387 e. The fraction of sp³-hybridized carbons (Fsp3) is 0.0714. The van der Waals surface area contributed by atoms with E-state index in [0.717, 1.165) is 6.07 Å². The summed E-state index contributed by atoms with van der Waals surface area (Å²) in [5.41, 5.74) is 0.351. The van der Waals surface area contributed by atoms with E-state index in [1.54, 1.807) is 0 Å². The average Bonchev–Trinajstić information content (AvgIpc) is 2.44. The molecule has 122 valence electrons. The van der Waals surface area contributed by atoms with Crippen molar-refractivity contribution in [2.45, 2.75) is 6.61 Å². The molecule has 23 heavy (non-hydrogen) atoms. The highest BCUT2D eigenvalue weighted by atomic mass is 35.5. The Hall–Kier alpha value is -2.06. The first-order chi connectivity index (χ1) is 10.8. The molecule has 0 amide bonds. The number of ether oxygens (including phenoxy) is 1. The van der Waals surface area contributed by atoms with Crippen molar-refractivity contribution < 1.29 is 22.3 Å². The van der Waals surface area contributed by atoms with Crippen molar-refractivity contribution in [2.75, 3.05) is 10.6 Å². The van der Waals surface area contributed by atoms with Gasteiger partial charge in [0.15, 0.2) is 5.11 Å². The average molecular weight is 365 g/mol. The van der Waals surface area contributed by atoms with Crippen LogP contribution in [0.1, 0.15) is 0 Å². The number of nitrogens with one attached hydrogen (secondary N) is 2. The maximum absolute atomic E-state index is 13.5. The molecular formula is C14H9ClF4N2OS. The Morgan fingerprint density at radius 3 is 2.43 bits per heavy atom. The van der Waals surface area contributed by atoms with Crippen molar-refractivity contribution in [2.24, 2.45) is 0 Å². The summed E-state index contributed by atoms with van der Waals surface area (Å²) >= 11 is 10.8. The van der Waals surface area contributed by atoms with Crippen LogP contribution in [0.25, 0.3) is 0 Å². The lowest BCUT2D eigenvalue weighted by Crippen LogP contribution is -2.19.